The maximum Gasteiger partial charge on any atom is 0.251 e. The van der Waals surface area contributed by atoms with Crippen molar-refractivity contribution in [1.29, 1.82) is 0 Å². The van der Waals surface area contributed by atoms with Crippen LogP contribution >= 0.6 is 0 Å². The third kappa shape index (κ3) is 4.64. The zero-order valence-electron chi connectivity index (χ0n) is 14.4. The summed E-state index contributed by atoms with van der Waals surface area (Å²) in [5, 5.41) is 13.2. The minimum absolute atomic E-state index is 0.00631. The Morgan fingerprint density at radius 2 is 2.00 bits per heavy atom. The highest BCUT2D eigenvalue weighted by Gasteiger charge is 2.31. The Morgan fingerprint density at radius 3 is 2.69 bits per heavy atom. The van der Waals surface area contributed by atoms with Crippen molar-refractivity contribution < 1.29 is 14.7 Å². The summed E-state index contributed by atoms with van der Waals surface area (Å²) < 4.78 is 0. The monoisotopic (exact) mass is 354 g/mol. The normalized spacial score (nSPS) is 19.8. The van der Waals surface area contributed by atoms with Crippen molar-refractivity contribution in [3.8, 4) is 0 Å². The van der Waals surface area contributed by atoms with Crippen LogP contribution in [0.5, 0.6) is 0 Å². The van der Waals surface area contributed by atoms with E-state index >= 15 is 0 Å². The summed E-state index contributed by atoms with van der Waals surface area (Å²) in [4.78, 5) is 34.1. The van der Waals surface area contributed by atoms with Gasteiger partial charge in [-0.25, -0.2) is 0 Å². The number of carbonyl (C=O) groups is 2. The van der Waals surface area contributed by atoms with Gasteiger partial charge in [-0.1, -0.05) is 6.07 Å². The first-order valence-corrected chi connectivity index (χ1v) is 8.69. The van der Waals surface area contributed by atoms with Crippen molar-refractivity contribution >= 4 is 11.8 Å². The van der Waals surface area contributed by atoms with Crippen LogP contribution in [0.2, 0.25) is 0 Å². The van der Waals surface area contributed by atoms with E-state index in [1.807, 2.05) is 12.1 Å². The van der Waals surface area contributed by atoms with Gasteiger partial charge in [0.15, 0.2) is 0 Å². The van der Waals surface area contributed by atoms with E-state index in [2.05, 4.69) is 15.3 Å². The van der Waals surface area contributed by atoms with Gasteiger partial charge in [-0.2, -0.15) is 0 Å². The molecule has 0 aliphatic carbocycles. The number of hydrogen-bond donors (Lipinski definition) is 2. The molecular formula is C19H22N4O3. The number of likely N-dealkylation sites (tertiary alicyclic amines) is 1. The lowest BCUT2D eigenvalue weighted by Gasteiger charge is -2.36. The average molecular weight is 354 g/mol. The Morgan fingerprint density at radius 1 is 1.19 bits per heavy atom. The maximum absolute atomic E-state index is 12.4. The lowest BCUT2D eigenvalue weighted by atomic mass is 10.0. The zero-order chi connectivity index (χ0) is 18.4. The Balaban J connectivity index is 1.48. The lowest BCUT2D eigenvalue weighted by molar-refractivity contribution is -0.134. The fourth-order valence-electron chi connectivity index (χ4n) is 3.04. The van der Waals surface area contributed by atoms with Crippen LogP contribution in [0.4, 0.5) is 0 Å². The maximum atomic E-state index is 12.4. The third-order valence-electron chi connectivity index (χ3n) is 4.54. The molecule has 26 heavy (non-hydrogen) atoms. The first kappa shape index (κ1) is 18.0. The summed E-state index contributed by atoms with van der Waals surface area (Å²) in [6, 6.07) is 6.67. The van der Waals surface area contributed by atoms with E-state index < -0.39 is 6.10 Å². The fourth-order valence-corrected chi connectivity index (χ4v) is 3.04. The molecule has 1 saturated heterocycles. The van der Waals surface area contributed by atoms with Gasteiger partial charge in [0.05, 0.1) is 12.1 Å². The molecule has 0 spiro atoms. The number of hydrogen-bond acceptors (Lipinski definition) is 5. The predicted octanol–water partition coefficient (Wildman–Crippen LogP) is 0.801. The predicted molar refractivity (Wildman–Crippen MR) is 95.3 cm³/mol. The summed E-state index contributed by atoms with van der Waals surface area (Å²) in [5.74, 6) is -0.236. The molecule has 7 nitrogen and oxygen atoms in total. The van der Waals surface area contributed by atoms with Gasteiger partial charge < -0.3 is 15.3 Å². The lowest BCUT2D eigenvalue weighted by Crippen LogP contribution is -2.55. The van der Waals surface area contributed by atoms with E-state index in [4.69, 9.17) is 0 Å². The molecule has 0 unspecified atom stereocenters. The van der Waals surface area contributed by atoms with Crippen molar-refractivity contribution in [3.63, 3.8) is 0 Å². The van der Waals surface area contributed by atoms with Crippen molar-refractivity contribution in [1.82, 2.24) is 20.2 Å². The highest BCUT2D eigenvalue weighted by molar-refractivity contribution is 5.94. The van der Waals surface area contributed by atoms with Crippen molar-refractivity contribution in [2.75, 3.05) is 13.1 Å². The highest BCUT2D eigenvalue weighted by atomic mass is 16.3. The molecule has 2 aromatic rings. The van der Waals surface area contributed by atoms with Crippen LogP contribution in [0.25, 0.3) is 0 Å². The first-order valence-electron chi connectivity index (χ1n) is 8.69. The second kappa shape index (κ2) is 8.53. The quantitative estimate of drug-likeness (QED) is 0.828. The van der Waals surface area contributed by atoms with Gasteiger partial charge in [0.2, 0.25) is 5.91 Å². The van der Waals surface area contributed by atoms with Crippen LogP contribution in [0, 0.1) is 0 Å². The molecule has 3 rings (SSSR count). The molecule has 2 N–H and O–H groups in total. The molecule has 0 saturated carbocycles. The van der Waals surface area contributed by atoms with Crippen LogP contribution < -0.4 is 5.32 Å². The summed E-state index contributed by atoms with van der Waals surface area (Å²) in [6.07, 6.45) is 7.31. The number of rotatable bonds is 5. The topological polar surface area (TPSA) is 95.4 Å². The van der Waals surface area contributed by atoms with Gasteiger partial charge in [0.1, 0.15) is 0 Å². The average Bonchev–Trinajstić information content (AvgIpc) is 2.69. The molecule has 3 heterocycles. The first-order chi connectivity index (χ1) is 12.6. The van der Waals surface area contributed by atoms with Crippen LogP contribution in [0.1, 0.15) is 28.8 Å². The number of aliphatic hydroxyl groups is 1. The second-order valence-electron chi connectivity index (χ2n) is 6.37. The number of nitrogens with one attached hydrogen (secondary N) is 1. The molecule has 1 aliphatic rings. The van der Waals surface area contributed by atoms with Gasteiger partial charge in [-0.05, 0) is 36.6 Å². The van der Waals surface area contributed by atoms with Crippen LogP contribution in [-0.4, -0.2) is 57.0 Å². The Labute approximate surface area is 152 Å². The van der Waals surface area contributed by atoms with Gasteiger partial charge in [0, 0.05) is 49.9 Å². The van der Waals surface area contributed by atoms with E-state index in [1.165, 1.54) is 0 Å². The smallest absolute Gasteiger partial charge is 0.251 e. The van der Waals surface area contributed by atoms with Gasteiger partial charge >= 0.3 is 0 Å². The number of amides is 2. The number of aryl methyl sites for hydroxylation is 1. The number of aromatic nitrogens is 2. The summed E-state index contributed by atoms with van der Waals surface area (Å²) in [7, 11) is 0. The number of nitrogens with zero attached hydrogens (tertiary/aromatic N) is 3. The van der Waals surface area contributed by atoms with Gasteiger partial charge in [-0.3, -0.25) is 19.6 Å². The highest BCUT2D eigenvalue weighted by Crippen LogP contribution is 2.14. The number of piperidine rings is 1. The second-order valence-corrected chi connectivity index (χ2v) is 6.37. The third-order valence-corrected chi connectivity index (χ3v) is 4.54. The Hall–Kier alpha value is -2.80. The van der Waals surface area contributed by atoms with Gasteiger partial charge in [0.25, 0.3) is 5.91 Å². The minimum atomic E-state index is -0.781. The fraction of sp³-hybridized carbons (Fsp3) is 0.368. The Bertz CT molecular complexity index is 739. The van der Waals surface area contributed by atoms with Crippen molar-refractivity contribution in [3.05, 3.63) is 60.2 Å². The van der Waals surface area contributed by atoms with E-state index in [1.54, 1.807) is 41.8 Å². The number of carbonyl (C=O) groups excluding carboxylic acids is 2. The molecule has 2 amide bonds. The van der Waals surface area contributed by atoms with Crippen LogP contribution in [0.15, 0.2) is 49.1 Å². The number of β-amino-alcohol motifs (C(OH)–C–C–N with tert-alkyl or cyclic N) is 1. The SMILES string of the molecule is O=C(N[C@@H]1CCN(C(=O)CCc2cccnc2)C[C@H]1O)c1ccncc1. The largest absolute Gasteiger partial charge is 0.389 e. The number of pyridine rings is 2. The van der Waals surface area contributed by atoms with E-state index in [0.717, 1.165) is 5.56 Å². The molecule has 1 fully saturated rings. The zero-order valence-corrected chi connectivity index (χ0v) is 14.4. The van der Waals surface area contributed by atoms with Crippen molar-refractivity contribution in [2.45, 2.75) is 31.4 Å². The molecule has 2 atom stereocenters. The molecule has 1 aliphatic heterocycles. The van der Waals surface area contributed by atoms with E-state index in [0.29, 0.717) is 31.4 Å². The van der Waals surface area contributed by atoms with Crippen LogP contribution in [0.3, 0.4) is 0 Å². The summed E-state index contributed by atoms with van der Waals surface area (Å²) >= 11 is 0. The molecule has 0 radical (unpaired) electrons. The molecule has 136 valence electrons. The van der Waals surface area contributed by atoms with Gasteiger partial charge in [-0.15, -0.1) is 0 Å². The summed E-state index contributed by atoms with van der Waals surface area (Å²) in [5.41, 5.74) is 1.52. The molecule has 0 aromatic carbocycles. The molecular weight excluding hydrogens is 332 g/mol. The molecule has 2 aromatic heterocycles. The Kier molecular flexibility index (Phi) is 5.91. The van der Waals surface area contributed by atoms with E-state index in [9.17, 15) is 14.7 Å². The summed E-state index contributed by atoms with van der Waals surface area (Å²) in [6.45, 7) is 0.747. The van der Waals surface area contributed by atoms with Crippen LogP contribution in [-0.2, 0) is 11.2 Å². The van der Waals surface area contributed by atoms with Crippen molar-refractivity contribution in [2.24, 2.45) is 0 Å². The number of aliphatic hydroxyl groups excluding tert-OH is 1. The minimum Gasteiger partial charge on any atom is -0.389 e. The van der Waals surface area contributed by atoms with E-state index in [-0.39, 0.29) is 24.4 Å². The standard InChI is InChI=1S/C19H22N4O3/c24-17-13-23(18(25)4-3-14-2-1-8-21-12-14)11-7-16(17)22-19(26)15-5-9-20-10-6-15/h1-2,5-6,8-10,12,16-17,24H,3-4,7,11,13H2,(H,22,26)/t16-,17-/m1/s1. The molecule has 0 bridgehead atoms. The molecule has 7 heteroatoms.